The smallest absolute Gasteiger partial charge is 0.268 e. The first-order valence-corrected chi connectivity index (χ1v) is 13.7. The van der Waals surface area contributed by atoms with Crippen molar-refractivity contribution < 1.29 is 22.7 Å². The van der Waals surface area contributed by atoms with E-state index in [-0.39, 0.29) is 21.4 Å². The number of carbonyl (C=O) groups is 1. The minimum Gasteiger partial charge on any atom is -0.495 e. The second-order valence-corrected chi connectivity index (χ2v) is 11.3. The average molecular weight is 596 g/mol. The number of hydrogen-bond acceptors (Lipinski definition) is 5. The number of carbonyl (C=O) groups excluding carboxylic acids is 1. The van der Waals surface area contributed by atoms with Crippen molar-refractivity contribution in [3.63, 3.8) is 0 Å². The topological polar surface area (TPSA) is 84.9 Å². The van der Waals surface area contributed by atoms with E-state index < -0.39 is 22.5 Å². The molecule has 3 rings (SSSR count). The Morgan fingerprint density at radius 2 is 1.69 bits per heavy atom. The summed E-state index contributed by atoms with van der Waals surface area (Å²) >= 11 is 9.80. The van der Waals surface area contributed by atoms with Crippen LogP contribution in [0.4, 0.5) is 11.4 Å². The van der Waals surface area contributed by atoms with E-state index in [1.54, 1.807) is 31.2 Å². The van der Waals surface area contributed by atoms with Gasteiger partial charge in [-0.15, -0.1) is 0 Å². The number of amides is 1. The summed E-state index contributed by atoms with van der Waals surface area (Å²) in [5.41, 5.74) is 3.38. The highest BCUT2D eigenvalue weighted by Gasteiger charge is 2.31. The Labute approximate surface area is 225 Å². The maximum atomic E-state index is 13.9. The number of nitrogens with one attached hydrogen (secondary N) is 1. The summed E-state index contributed by atoms with van der Waals surface area (Å²) in [6, 6.07) is 13.2. The van der Waals surface area contributed by atoms with E-state index in [0.717, 1.165) is 25.5 Å². The van der Waals surface area contributed by atoms with Gasteiger partial charge in [0.15, 0.2) is 0 Å². The molecule has 0 aliphatic rings. The highest BCUT2D eigenvalue weighted by Crippen LogP contribution is 2.35. The van der Waals surface area contributed by atoms with Gasteiger partial charge in [-0.3, -0.25) is 9.10 Å². The van der Waals surface area contributed by atoms with Gasteiger partial charge in [0.25, 0.3) is 10.0 Å². The molecule has 36 heavy (non-hydrogen) atoms. The van der Waals surface area contributed by atoms with Crippen molar-refractivity contribution in [2.24, 2.45) is 0 Å². The van der Waals surface area contributed by atoms with Crippen molar-refractivity contribution in [1.29, 1.82) is 0 Å². The molecule has 10 heteroatoms. The van der Waals surface area contributed by atoms with Crippen LogP contribution in [0.1, 0.15) is 23.6 Å². The minimum absolute atomic E-state index is 0.0567. The molecule has 0 fully saturated rings. The van der Waals surface area contributed by atoms with E-state index in [9.17, 15) is 13.2 Å². The Morgan fingerprint density at radius 1 is 1.03 bits per heavy atom. The normalized spacial score (nSPS) is 11.2. The molecular weight excluding hydrogens is 568 g/mol. The molecule has 192 valence electrons. The van der Waals surface area contributed by atoms with Crippen molar-refractivity contribution in [2.45, 2.75) is 32.1 Å². The molecular formula is C26H28BrClN2O5S. The van der Waals surface area contributed by atoms with Gasteiger partial charge in [-0.25, -0.2) is 8.42 Å². The third kappa shape index (κ3) is 5.96. The van der Waals surface area contributed by atoms with Crippen LogP contribution in [0.2, 0.25) is 5.02 Å². The molecule has 0 aliphatic heterocycles. The Kier molecular flexibility index (Phi) is 8.92. The number of halogens is 2. The number of nitrogens with zero attached hydrogens (tertiary/aromatic N) is 1. The lowest BCUT2D eigenvalue weighted by Crippen LogP contribution is -2.38. The van der Waals surface area contributed by atoms with Crippen molar-refractivity contribution in [3.05, 3.63) is 74.7 Å². The summed E-state index contributed by atoms with van der Waals surface area (Å²) in [6.07, 6.45) is 0.687. The van der Waals surface area contributed by atoms with Crippen LogP contribution in [-0.2, 0) is 21.2 Å². The SMILES string of the molecule is CCc1cc(Br)cc(C)c1NC(=O)CN(c1ccc(OC)c(Cl)c1)S(=O)(=O)c1cc(C)ccc1OC. The first kappa shape index (κ1) is 27.8. The fourth-order valence-corrected chi connectivity index (χ4v) is 6.34. The molecule has 0 atom stereocenters. The maximum absolute atomic E-state index is 13.9. The largest absolute Gasteiger partial charge is 0.495 e. The van der Waals surface area contributed by atoms with Crippen LogP contribution in [0, 0.1) is 13.8 Å². The van der Waals surface area contributed by atoms with Crippen LogP contribution in [0.25, 0.3) is 0 Å². The predicted molar refractivity (Wildman–Crippen MR) is 147 cm³/mol. The molecule has 0 unspecified atom stereocenters. The van der Waals surface area contributed by atoms with Crippen LogP contribution >= 0.6 is 27.5 Å². The van der Waals surface area contributed by atoms with Crippen LogP contribution in [0.3, 0.4) is 0 Å². The van der Waals surface area contributed by atoms with E-state index >= 15 is 0 Å². The first-order chi connectivity index (χ1) is 17.0. The van der Waals surface area contributed by atoms with E-state index in [4.69, 9.17) is 21.1 Å². The lowest BCUT2D eigenvalue weighted by Gasteiger charge is -2.26. The Bertz CT molecular complexity index is 1400. The predicted octanol–water partition coefficient (Wildman–Crippen LogP) is 6.13. The molecule has 0 heterocycles. The average Bonchev–Trinajstić information content (AvgIpc) is 2.83. The van der Waals surface area contributed by atoms with Gasteiger partial charge >= 0.3 is 0 Å². The highest BCUT2D eigenvalue weighted by atomic mass is 79.9. The molecule has 0 bridgehead atoms. The van der Waals surface area contributed by atoms with Crippen molar-refractivity contribution in [1.82, 2.24) is 0 Å². The number of aryl methyl sites for hydroxylation is 3. The zero-order valence-electron chi connectivity index (χ0n) is 20.7. The van der Waals surface area contributed by atoms with E-state index in [2.05, 4.69) is 21.2 Å². The molecule has 0 saturated heterocycles. The first-order valence-electron chi connectivity index (χ1n) is 11.1. The number of anilines is 2. The van der Waals surface area contributed by atoms with Crippen molar-refractivity contribution in [2.75, 3.05) is 30.4 Å². The third-order valence-electron chi connectivity index (χ3n) is 5.63. The molecule has 0 spiro atoms. The Morgan fingerprint density at radius 3 is 2.31 bits per heavy atom. The fraction of sp³-hybridized carbons (Fsp3) is 0.269. The number of benzene rings is 3. The summed E-state index contributed by atoms with van der Waals surface area (Å²) < 4.78 is 40.3. The molecule has 0 radical (unpaired) electrons. The van der Waals surface area contributed by atoms with Gasteiger partial charge < -0.3 is 14.8 Å². The van der Waals surface area contributed by atoms with Crippen LogP contribution in [-0.4, -0.2) is 35.1 Å². The minimum atomic E-state index is -4.24. The highest BCUT2D eigenvalue weighted by molar-refractivity contribution is 9.10. The number of sulfonamides is 1. The second-order valence-electron chi connectivity index (χ2n) is 8.14. The van der Waals surface area contributed by atoms with Crippen molar-refractivity contribution >= 4 is 54.8 Å². The van der Waals surface area contributed by atoms with E-state index in [1.807, 2.05) is 26.0 Å². The molecule has 0 aromatic heterocycles. The third-order valence-corrected chi connectivity index (χ3v) is 8.17. The Balaban J connectivity index is 2.09. The number of methoxy groups -OCH3 is 2. The van der Waals surface area contributed by atoms with Gasteiger partial charge in [0.05, 0.1) is 24.9 Å². The van der Waals surface area contributed by atoms with Crippen LogP contribution in [0.5, 0.6) is 11.5 Å². The maximum Gasteiger partial charge on any atom is 0.268 e. The quantitative estimate of drug-likeness (QED) is 0.322. The summed E-state index contributed by atoms with van der Waals surface area (Å²) in [4.78, 5) is 13.2. The van der Waals surface area contributed by atoms with Crippen LogP contribution in [0.15, 0.2) is 57.9 Å². The van der Waals surface area contributed by atoms with Crippen LogP contribution < -0.4 is 19.1 Å². The fourth-order valence-electron chi connectivity index (χ4n) is 3.81. The molecule has 3 aromatic rings. The monoisotopic (exact) mass is 594 g/mol. The Hall–Kier alpha value is -2.75. The van der Waals surface area contributed by atoms with Gasteiger partial charge in [0, 0.05) is 10.2 Å². The summed E-state index contributed by atoms with van der Waals surface area (Å²) in [6.45, 7) is 5.16. The molecule has 1 N–H and O–H groups in total. The van der Waals surface area contributed by atoms with Gasteiger partial charge in [0.2, 0.25) is 5.91 Å². The zero-order chi connectivity index (χ0) is 26.6. The van der Waals surface area contributed by atoms with E-state index in [0.29, 0.717) is 17.9 Å². The number of hydrogen-bond donors (Lipinski definition) is 1. The lowest BCUT2D eigenvalue weighted by molar-refractivity contribution is -0.114. The number of rotatable bonds is 9. The molecule has 0 aliphatic carbocycles. The van der Waals surface area contributed by atoms with Gasteiger partial charge in [-0.2, -0.15) is 0 Å². The lowest BCUT2D eigenvalue weighted by atomic mass is 10.1. The second kappa shape index (κ2) is 11.5. The zero-order valence-corrected chi connectivity index (χ0v) is 23.8. The van der Waals surface area contributed by atoms with Gasteiger partial charge in [0.1, 0.15) is 22.9 Å². The summed E-state index contributed by atoms with van der Waals surface area (Å²) in [5.74, 6) is 0.0494. The molecule has 7 nitrogen and oxygen atoms in total. The summed E-state index contributed by atoms with van der Waals surface area (Å²) in [7, 11) is -1.37. The molecule has 1 amide bonds. The van der Waals surface area contributed by atoms with Gasteiger partial charge in [-0.05, 0) is 79.4 Å². The van der Waals surface area contributed by atoms with Crippen molar-refractivity contribution in [3.8, 4) is 11.5 Å². The summed E-state index contributed by atoms with van der Waals surface area (Å²) in [5, 5.41) is 3.11. The van der Waals surface area contributed by atoms with E-state index in [1.165, 1.54) is 26.4 Å². The standard InChI is InChI=1S/C26H28BrClN2O5S/c1-6-18-13-19(27)12-17(3)26(18)29-25(31)15-30(20-8-10-22(34-4)21(28)14-20)36(32,33)24-11-16(2)7-9-23(24)35-5/h7-14H,6,15H2,1-5H3,(H,29,31). The molecule has 3 aromatic carbocycles. The van der Waals surface area contributed by atoms with Gasteiger partial charge in [-0.1, -0.05) is 40.5 Å². The number of ether oxygens (including phenoxy) is 2. The molecule has 0 saturated carbocycles.